The SMILES string of the molecule is CC(=O)C(C)CC1C=CCCC1. The summed E-state index contributed by atoms with van der Waals surface area (Å²) < 4.78 is 0. The van der Waals surface area contributed by atoms with Crippen LogP contribution in [0.25, 0.3) is 0 Å². The summed E-state index contributed by atoms with van der Waals surface area (Å²) in [6, 6.07) is 0. The van der Waals surface area contributed by atoms with Gasteiger partial charge in [-0.15, -0.1) is 0 Å². The topological polar surface area (TPSA) is 17.1 Å². The zero-order chi connectivity index (χ0) is 8.97. The second-order valence-electron chi connectivity index (χ2n) is 3.87. The number of carbonyl (C=O) groups excluding carboxylic acids is 1. The van der Waals surface area contributed by atoms with Gasteiger partial charge in [-0.25, -0.2) is 0 Å². The van der Waals surface area contributed by atoms with Gasteiger partial charge in [0.1, 0.15) is 5.78 Å². The van der Waals surface area contributed by atoms with Crippen molar-refractivity contribution in [2.75, 3.05) is 0 Å². The van der Waals surface area contributed by atoms with Crippen molar-refractivity contribution in [3.8, 4) is 0 Å². The van der Waals surface area contributed by atoms with Crippen LogP contribution in [0.1, 0.15) is 39.5 Å². The van der Waals surface area contributed by atoms with Crippen LogP contribution in [0.3, 0.4) is 0 Å². The Hall–Kier alpha value is -0.590. The lowest BCUT2D eigenvalue weighted by molar-refractivity contribution is -0.120. The number of hydrogen-bond acceptors (Lipinski definition) is 1. The smallest absolute Gasteiger partial charge is 0.132 e. The van der Waals surface area contributed by atoms with Gasteiger partial charge < -0.3 is 0 Å². The van der Waals surface area contributed by atoms with Crippen molar-refractivity contribution in [1.29, 1.82) is 0 Å². The highest BCUT2D eigenvalue weighted by Crippen LogP contribution is 2.23. The zero-order valence-corrected chi connectivity index (χ0v) is 8.05. The third-order valence-electron chi connectivity index (χ3n) is 2.70. The minimum atomic E-state index is 0.248. The van der Waals surface area contributed by atoms with Gasteiger partial charge in [0, 0.05) is 5.92 Å². The molecule has 0 fully saturated rings. The molecular formula is C11H18O. The number of Topliss-reactive ketones (excluding diaryl/α,β-unsaturated/α-hetero) is 1. The van der Waals surface area contributed by atoms with Gasteiger partial charge in [-0.1, -0.05) is 19.1 Å². The molecule has 0 bridgehead atoms. The predicted molar refractivity (Wildman–Crippen MR) is 50.9 cm³/mol. The van der Waals surface area contributed by atoms with E-state index in [-0.39, 0.29) is 5.92 Å². The third-order valence-corrected chi connectivity index (χ3v) is 2.70. The first-order valence-electron chi connectivity index (χ1n) is 4.87. The maximum Gasteiger partial charge on any atom is 0.132 e. The molecule has 1 rings (SSSR count). The van der Waals surface area contributed by atoms with E-state index in [0.717, 1.165) is 6.42 Å². The van der Waals surface area contributed by atoms with Gasteiger partial charge in [0.25, 0.3) is 0 Å². The van der Waals surface area contributed by atoms with Crippen LogP contribution < -0.4 is 0 Å². The number of carbonyl (C=O) groups is 1. The Morgan fingerprint density at radius 3 is 2.92 bits per heavy atom. The first-order valence-corrected chi connectivity index (χ1v) is 4.87. The van der Waals surface area contributed by atoms with Crippen LogP contribution in [-0.2, 0) is 4.79 Å². The van der Waals surface area contributed by atoms with Crippen LogP contribution in [0, 0.1) is 11.8 Å². The standard InChI is InChI=1S/C11H18O/c1-9(10(2)12)8-11-6-4-3-5-7-11/h4,6,9,11H,3,5,7-8H2,1-2H3. The highest BCUT2D eigenvalue weighted by Gasteiger charge is 2.15. The lowest BCUT2D eigenvalue weighted by Gasteiger charge is -2.18. The highest BCUT2D eigenvalue weighted by atomic mass is 16.1. The Labute approximate surface area is 74.9 Å². The van der Waals surface area contributed by atoms with Crippen molar-refractivity contribution >= 4 is 5.78 Å². The van der Waals surface area contributed by atoms with Crippen molar-refractivity contribution in [2.45, 2.75) is 39.5 Å². The molecule has 0 aromatic carbocycles. The highest BCUT2D eigenvalue weighted by molar-refractivity contribution is 5.77. The largest absolute Gasteiger partial charge is 0.300 e. The fraction of sp³-hybridized carbons (Fsp3) is 0.727. The summed E-state index contributed by atoms with van der Waals surface area (Å²) in [5.41, 5.74) is 0. The molecule has 0 N–H and O–H groups in total. The molecule has 0 amide bonds. The molecule has 1 aliphatic carbocycles. The summed E-state index contributed by atoms with van der Waals surface area (Å²) in [5.74, 6) is 1.24. The van der Waals surface area contributed by atoms with Crippen molar-refractivity contribution < 1.29 is 4.79 Å². The van der Waals surface area contributed by atoms with Crippen molar-refractivity contribution in [3.05, 3.63) is 12.2 Å². The molecule has 68 valence electrons. The number of hydrogen-bond donors (Lipinski definition) is 0. The fourth-order valence-corrected chi connectivity index (χ4v) is 1.70. The summed E-state index contributed by atoms with van der Waals surface area (Å²) >= 11 is 0. The van der Waals surface area contributed by atoms with Crippen LogP contribution in [0.4, 0.5) is 0 Å². The van der Waals surface area contributed by atoms with E-state index in [1.165, 1.54) is 19.3 Å². The second-order valence-corrected chi connectivity index (χ2v) is 3.87. The summed E-state index contributed by atoms with van der Waals surface area (Å²) in [4.78, 5) is 11.0. The van der Waals surface area contributed by atoms with Gasteiger partial charge in [0.05, 0.1) is 0 Å². The molecule has 0 aliphatic heterocycles. The van der Waals surface area contributed by atoms with E-state index in [1.807, 2.05) is 6.92 Å². The maximum atomic E-state index is 11.0. The molecule has 1 heteroatoms. The quantitative estimate of drug-likeness (QED) is 0.589. The van der Waals surface area contributed by atoms with Gasteiger partial charge >= 0.3 is 0 Å². The van der Waals surface area contributed by atoms with Gasteiger partial charge in [-0.3, -0.25) is 4.79 Å². The van der Waals surface area contributed by atoms with Crippen LogP contribution >= 0.6 is 0 Å². The van der Waals surface area contributed by atoms with Crippen LogP contribution in [0.5, 0.6) is 0 Å². The van der Waals surface area contributed by atoms with Crippen LogP contribution in [0.15, 0.2) is 12.2 Å². The maximum absolute atomic E-state index is 11.0. The average Bonchev–Trinajstić information content (AvgIpc) is 2.06. The minimum Gasteiger partial charge on any atom is -0.300 e. The van der Waals surface area contributed by atoms with E-state index >= 15 is 0 Å². The summed E-state index contributed by atoms with van der Waals surface area (Å²) in [7, 11) is 0. The molecule has 0 aromatic rings. The Morgan fingerprint density at radius 2 is 2.42 bits per heavy atom. The molecule has 0 aromatic heterocycles. The molecule has 2 unspecified atom stereocenters. The zero-order valence-electron chi connectivity index (χ0n) is 8.05. The Balaban J connectivity index is 2.34. The fourth-order valence-electron chi connectivity index (χ4n) is 1.70. The van der Waals surface area contributed by atoms with Gasteiger partial charge in [-0.2, -0.15) is 0 Å². The number of ketones is 1. The number of allylic oxidation sites excluding steroid dienone is 2. The Morgan fingerprint density at radius 1 is 1.67 bits per heavy atom. The minimum absolute atomic E-state index is 0.248. The summed E-state index contributed by atoms with van der Waals surface area (Å²) in [6.45, 7) is 3.72. The molecule has 0 spiro atoms. The lowest BCUT2D eigenvalue weighted by Crippen LogP contribution is -2.12. The van der Waals surface area contributed by atoms with Crippen LogP contribution in [0.2, 0.25) is 0 Å². The van der Waals surface area contributed by atoms with Gasteiger partial charge in [-0.05, 0) is 38.5 Å². The first kappa shape index (κ1) is 9.50. The molecule has 12 heavy (non-hydrogen) atoms. The average molecular weight is 166 g/mol. The second kappa shape index (κ2) is 4.44. The third kappa shape index (κ3) is 2.80. The lowest BCUT2D eigenvalue weighted by atomic mass is 9.87. The first-order chi connectivity index (χ1) is 5.70. The molecule has 0 saturated carbocycles. The Bertz CT molecular complexity index is 181. The van der Waals surface area contributed by atoms with E-state index in [1.54, 1.807) is 6.92 Å². The summed E-state index contributed by atoms with van der Waals surface area (Å²) in [5, 5.41) is 0. The summed E-state index contributed by atoms with van der Waals surface area (Å²) in [6.07, 6.45) is 9.38. The number of rotatable bonds is 3. The molecule has 1 aliphatic rings. The van der Waals surface area contributed by atoms with E-state index in [4.69, 9.17) is 0 Å². The van der Waals surface area contributed by atoms with Crippen LogP contribution in [-0.4, -0.2) is 5.78 Å². The Kier molecular flexibility index (Phi) is 3.51. The van der Waals surface area contributed by atoms with Crippen molar-refractivity contribution in [3.63, 3.8) is 0 Å². The molecule has 2 atom stereocenters. The predicted octanol–water partition coefficient (Wildman–Crippen LogP) is 2.96. The molecule has 0 heterocycles. The molecular weight excluding hydrogens is 148 g/mol. The normalized spacial score (nSPS) is 25.3. The van der Waals surface area contributed by atoms with Gasteiger partial charge in [0.15, 0.2) is 0 Å². The van der Waals surface area contributed by atoms with Crippen molar-refractivity contribution in [2.24, 2.45) is 11.8 Å². The van der Waals surface area contributed by atoms with E-state index in [0.29, 0.717) is 11.7 Å². The van der Waals surface area contributed by atoms with Gasteiger partial charge in [0.2, 0.25) is 0 Å². The van der Waals surface area contributed by atoms with E-state index in [2.05, 4.69) is 12.2 Å². The molecule has 1 nitrogen and oxygen atoms in total. The van der Waals surface area contributed by atoms with Crippen molar-refractivity contribution in [1.82, 2.24) is 0 Å². The monoisotopic (exact) mass is 166 g/mol. The molecule has 0 saturated heterocycles. The van der Waals surface area contributed by atoms with E-state index in [9.17, 15) is 4.79 Å². The molecule has 0 radical (unpaired) electrons. The van der Waals surface area contributed by atoms with E-state index < -0.39 is 0 Å².